The fourth-order valence-corrected chi connectivity index (χ4v) is 2.91. The van der Waals surface area contributed by atoms with Gasteiger partial charge in [-0.15, -0.1) is 0 Å². The molecule has 0 saturated carbocycles. The lowest BCUT2D eigenvalue weighted by Crippen LogP contribution is -2.30. The van der Waals surface area contributed by atoms with E-state index in [2.05, 4.69) is 53.4 Å². The molecule has 0 unspecified atom stereocenters. The fraction of sp³-hybridized carbons (Fsp3) is 0.300. The molecule has 3 rings (SSSR count). The van der Waals surface area contributed by atoms with E-state index in [9.17, 15) is 0 Å². The Morgan fingerprint density at radius 1 is 1.00 bits per heavy atom. The van der Waals surface area contributed by atoms with E-state index in [4.69, 9.17) is 4.74 Å². The van der Waals surface area contributed by atoms with Crippen molar-refractivity contribution in [2.24, 2.45) is 0 Å². The molecule has 0 aromatic heterocycles. The molecule has 2 heteroatoms. The zero-order chi connectivity index (χ0) is 15.2. The maximum atomic E-state index is 5.20. The summed E-state index contributed by atoms with van der Waals surface area (Å²) >= 11 is 0. The second-order valence-corrected chi connectivity index (χ2v) is 5.74. The van der Waals surface area contributed by atoms with Crippen molar-refractivity contribution < 1.29 is 4.74 Å². The van der Waals surface area contributed by atoms with Crippen LogP contribution >= 0.6 is 0 Å². The molecule has 0 N–H and O–H groups in total. The van der Waals surface area contributed by atoms with E-state index in [-0.39, 0.29) is 0 Å². The quantitative estimate of drug-likeness (QED) is 0.825. The summed E-state index contributed by atoms with van der Waals surface area (Å²) in [5.41, 5.74) is 4.23. The highest BCUT2D eigenvalue weighted by Gasteiger charge is 2.12. The van der Waals surface area contributed by atoms with Gasteiger partial charge in [-0.25, -0.2) is 0 Å². The molecule has 114 valence electrons. The normalized spacial score (nSPS) is 15.4. The second-order valence-electron chi connectivity index (χ2n) is 5.74. The smallest absolute Gasteiger partial charge is 0.118 e. The number of benzene rings is 2. The summed E-state index contributed by atoms with van der Waals surface area (Å²) < 4.78 is 5.20. The predicted molar refractivity (Wildman–Crippen MR) is 92.2 cm³/mol. The van der Waals surface area contributed by atoms with Crippen LogP contribution in [-0.2, 0) is 6.42 Å². The standard InChI is InChI=1S/C20H23NO/c1-22-20-9-7-17(8-10-20)11-14-21-15-12-19(13-16-21)18-5-3-2-4-6-18/h2-10,12H,11,13-16H2,1H3. The summed E-state index contributed by atoms with van der Waals surface area (Å²) in [7, 11) is 1.71. The van der Waals surface area contributed by atoms with Crippen LogP contribution in [0.2, 0.25) is 0 Å². The van der Waals surface area contributed by atoms with Crippen molar-refractivity contribution in [1.82, 2.24) is 4.90 Å². The van der Waals surface area contributed by atoms with E-state index >= 15 is 0 Å². The van der Waals surface area contributed by atoms with Crippen molar-refractivity contribution in [2.75, 3.05) is 26.7 Å². The third-order valence-corrected chi connectivity index (χ3v) is 4.31. The fourth-order valence-electron chi connectivity index (χ4n) is 2.91. The molecule has 0 fully saturated rings. The lowest BCUT2D eigenvalue weighted by molar-refractivity contribution is 0.306. The Morgan fingerprint density at radius 3 is 2.41 bits per heavy atom. The summed E-state index contributed by atoms with van der Waals surface area (Å²) in [6, 6.07) is 19.1. The summed E-state index contributed by atoms with van der Waals surface area (Å²) in [4.78, 5) is 2.52. The molecule has 1 aliphatic rings. The number of rotatable bonds is 5. The lowest BCUT2D eigenvalue weighted by Gasteiger charge is -2.26. The van der Waals surface area contributed by atoms with E-state index < -0.39 is 0 Å². The molecule has 2 aromatic rings. The average Bonchev–Trinajstić information content (AvgIpc) is 2.61. The van der Waals surface area contributed by atoms with Gasteiger partial charge in [0, 0.05) is 19.6 Å². The highest BCUT2D eigenvalue weighted by atomic mass is 16.5. The molecule has 0 spiro atoms. The van der Waals surface area contributed by atoms with Crippen molar-refractivity contribution in [3.63, 3.8) is 0 Å². The maximum Gasteiger partial charge on any atom is 0.118 e. The van der Waals surface area contributed by atoms with Crippen LogP contribution in [0.3, 0.4) is 0 Å². The second kappa shape index (κ2) is 7.28. The monoisotopic (exact) mass is 293 g/mol. The minimum Gasteiger partial charge on any atom is -0.497 e. The van der Waals surface area contributed by atoms with Gasteiger partial charge in [0.05, 0.1) is 7.11 Å². The molecular formula is C20H23NO. The van der Waals surface area contributed by atoms with Crippen molar-refractivity contribution >= 4 is 5.57 Å². The van der Waals surface area contributed by atoms with Gasteiger partial charge in [-0.3, -0.25) is 4.90 Å². The van der Waals surface area contributed by atoms with Crippen LogP contribution in [0.15, 0.2) is 60.7 Å². The zero-order valence-electron chi connectivity index (χ0n) is 13.2. The first-order valence-electron chi connectivity index (χ1n) is 7.95. The minimum atomic E-state index is 0.928. The highest BCUT2D eigenvalue weighted by molar-refractivity contribution is 5.66. The Kier molecular flexibility index (Phi) is 4.92. The van der Waals surface area contributed by atoms with E-state index in [0.29, 0.717) is 0 Å². The van der Waals surface area contributed by atoms with Crippen LogP contribution < -0.4 is 4.74 Å². The number of hydrogen-bond acceptors (Lipinski definition) is 2. The first-order valence-corrected chi connectivity index (χ1v) is 7.95. The average molecular weight is 293 g/mol. The summed E-state index contributed by atoms with van der Waals surface area (Å²) in [6.45, 7) is 3.32. The van der Waals surface area contributed by atoms with Crippen LogP contribution in [-0.4, -0.2) is 31.6 Å². The number of methoxy groups -OCH3 is 1. The lowest BCUT2D eigenvalue weighted by atomic mass is 9.99. The molecular weight excluding hydrogens is 270 g/mol. The minimum absolute atomic E-state index is 0.928. The third kappa shape index (κ3) is 3.77. The van der Waals surface area contributed by atoms with Gasteiger partial charge in [0.25, 0.3) is 0 Å². The Morgan fingerprint density at radius 2 is 1.77 bits per heavy atom. The van der Waals surface area contributed by atoms with Crippen LogP contribution in [0, 0.1) is 0 Å². The van der Waals surface area contributed by atoms with Gasteiger partial charge in [0.2, 0.25) is 0 Å². The van der Waals surface area contributed by atoms with Gasteiger partial charge >= 0.3 is 0 Å². The van der Waals surface area contributed by atoms with Gasteiger partial charge in [-0.1, -0.05) is 48.5 Å². The molecule has 0 saturated heterocycles. The van der Waals surface area contributed by atoms with Crippen molar-refractivity contribution in [2.45, 2.75) is 12.8 Å². The molecule has 2 nitrogen and oxygen atoms in total. The summed E-state index contributed by atoms with van der Waals surface area (Å²) in [5.74, 6) is 0.928. The number of nitrogens with zero attached hydrogens (tertiary/aromatic N) is 1. The molecule has 22 heavy (non-hydrogen) atoms. The molecule has 1 heterocycles. The molecule has 0 amide bonds. The first-order chi connectivity index (χ1) is 10.8. The SMILES string of the molecule is COc1ccc(CCN2CC=C(c3ccccc3)CC2)cc1. The van der Waals surface area contributed by atoms with Crippen molar-refractivity contribution in [1.29, 1.82) is 0 Å². The Bertz CT molecular complexity index is 616. The molecule has 1 aliphatic heterocycles. The Hall–Kier alpha value is -2.06. The van der Waals surface area contributed by atoms with Gasteiger partial charge in [0.1, 0.15) is 5.75 Å². The van der Waals surface area contributed by atoms with Gasteiger partial charge in [-0.2, -0.15) is 0 Å². The van der Waals surface area contributed by atoms with Gasteiger partial charge in [-0.05, 0) is 41.7 Å². The molecule has 0 aliphatic carbocycles. The van der Waals surface area contributed by atoms with Crippen molar-refractivity contribution in [3.8, 4) is 5.75 Å². The molecule has 0 atom stereocenters. The van der Waals surface area contributed by atoms with Gasteiger partial charge in [0.15, 0.2) is 0 Å². The summed E-state index contributed by atoms with van der Waals surface area (Å²) in [5, 5.41) is 0. The van der Waals surface area contributed by atoms with Crippen molar-refractivity contribution in [3.05, 3.63) is 71.8 Å². The van der Waals surface area contributed by atoms with Crippen LogP contribution in [0.4, 0.5) is 0 Å². The largest absolute Gasteiger partial charge is 0.497 e. The molecule has 0 bridgehead atoms. The Balaban J connectivity index is 1.52. The van der Waals surface area contributed by atoms with Crippen LogP contribution in [0.5, 0.6) is 5.75 Å². The maximum absolute atomic E-state index is 5.20. The molecule has 2 aromatic carbocycles. The zero-order valence-corrected chi connectivity index (χ0v) is 13.2. The summed E-state index contributed by atoms with van der Waals surface area (Å²) in [6.07, 6.45) is 4.62. The van der Waals surface area contributed by atoms with E-state index in [0.717, 1.165) is 38.2 Å². The van der Waals surface area contributed by atoms with Crippen LogP contribution in [0.25, 0.3) is 5.57 Å². The van der Waals surface area contributed by atoms with E-state index in [1.807, 2.05) is 12.1 Å². The third-order valence-electron chi connectivity index (χ3n) is 4.31. The highest BCUT2D eigenvalue weighted by Crippen LogP contribution is 2.22. The van der Waals surface area contributed by atoms with E-state index in [1.165, 1.54) is 16.7 Å². The predicted octanol–water partition coefficient (Wildman–Crippen LogP) is 4.03. The van der Waals surface area contributed by atoms with Gasteiger partial charge < -0.3 is 4.74 Å². The Labute approximate surface area is 133 Å². The van der Waals surface area contributed by atoms with E-state index in [1.54, 1.807) is 7.11 Å². The number of ether oxygens (including phenoxy) is 1. The molecule has 0 radical (unpaired) electrons. The number of hydrogen-bond donors (Lipinski definition) is 0. The first kappa shape index (κ1) is 14.9. The van der Waals surface area contributed by atoms with Crippen LogP contribution in [0.1, 0.15) is 17.5 Å². The topological polar surface area (TPSA) is 12.5 Å².